The summed E-state index contributed by atoms with van der Waals surface area (Å²) >= 11 is 3.37. The molecule has 0 unspecified atom stereocenters. The summed E-state index contributed by atoms with van der Waals surface area (Å²) < 4.78 is 16.4. The number of ether oxygens (including phenoxy) is 2. The fraction of sp³-hybridized carbons (Fsp3) is 0.267. The Balaban J connectivity index is 2.23. The third kappa shape index (κ3) is 3.39. The van der Waals surface area contributed by atoms with E-state index >= 15 is 0 Å². The van der Waals surface area contributed by atoms with Crippen LogP contribution in [0, 0.1) is 0 Å². The van der Waals surface area contributed by atoms with E-state index < -0.39 is 0 Å². The second kappa shape index (κ2) is 6.67. The molecule has 0 aliphatic rings. The highest BCUT2D eigenvalue weighted by Crippen LogP contribution is 2.35. The number of methoxy groups -OCH3 is 2. The van der Waals surface area contributed by atoms with E-state index in [1.54, 1.807) is 24.5 Å². The maximum absolute atomic E-state index is 12.3. The minimum absolute atomic E-state index is 0.229. The summed E-state index contributed by atoms with van der Waals surface area (Å²) in [6.45, 7) is 1.85. The van der Waals surface area contributed by atoms with Gasteiger partial charge in [0.2, 0.25) is 0 Å². The molecule has 0 aliphatic carbocycles. The van der Waals surface area contributed by atoms with Gasteiger partial charge >= 0.3 is 0 Å². The number of hydrogen-bond acceptors (Lipinski definition) is 4. The van der Waals surface area contributed by atoms with Crippen molar-refractivity contribution in [3.8, 4) is 11.5 Å². The number of carbonyl (C=O) groups excluding carboxylic acids is 1. The molecule has 1 aromatic carbocycles. The van der Waals surface area contributed by atoms with E-state index in [-0.39, 0.29) is 11.9 Å². The molecule has 21 heavy (non-hydrogen) atoms. The van der Waals surface area contributed by atoms with Crippen LogP contribution in [-0.4, -0.2) is 20.1 Å². The molecule has 0 saturated carbocycles. The van der Waals surface area contributed by atoms with Crippen LogP contribution >= 0.6 is 15.9 Å². The van der Waals surface area contributed by atoms with Gasteiger partial charge in [0.25, 0.3) is 5.91 Å². The van der Waals surface area contributed by atoms with E-state index in [4.69, 9.17) is 13.9 Å². The van der Waals surface area contributed by atoms with Crippen LogP contribution in [0.3, 0.4) is 0 Å². The molecule has 2 aromatic rings. The maximum Gasteiger partial charge on any atom is 0.252 e. The highest BCUT2D eigenvalue weighted by Gasteiger charge is 2.17. The van der Waals surface area contributed by atoms with Gasteiger partial charge in [0.1, 0.15) is 21.7 Å². The van der Waals surface area contributed by atoms with Crippen molar-refractivity contribution in [2.75, 3.05) is 14.2 Å². The number of carbonyl (C=O) groups is 1. The Bertz CT molecular complexity index is 600. The van der Waals surface area contributed by atoms with Gasteiger partial charge < -0.3 is 19.2 Å². The molecule has 0 spiro atoms. The largest absolute Gasteiger partial charge is 0.495 e. The van der Waals surface area contributed by atoms with Crippen LogP contribution in [0.25, 0.3) is 0 Å². The Labute approximate surface area is 131 Å². The van der Waals surface area contributed by atoms with Crippen LogP contribution in [0.2, 0.25) is 0 Å². The molecular weight excluding hydrogens is 338 g/mol. The summed E-state index contributed by atoms with van der Waals surface area (Å²) in [5.74, 6) is 1.53. The Morgan fingerprint density at radius 3 is 2.38 bits per heavy atom. The SMILES string of the molecule is COc1cc(C(=O)N[C@H](C)c2ccco2)cc(OC)c1Br. The van der Waals surface area contributed by atoms with Crippen molar-refractivity contribution in [1.29, 1.82) is 0 Å². The third-order valence-electron chi connectivity index (χ3n) is 3.03. The lowest BCUT2D eigenvalue weighted by atomic mass is 10.1. The number of nitrogens with one attached hydrogen (secondary N) is 1. The molecule has 6 heteroatoms. The van der Waals surface area contributed by atoms with Crippen LogP contribution in [0.4, 0.5) is 0 Å². The molecule has 1 heterocycles. The first-order valence-electron chi connectivity index (χ1n) is 6.32. The van der Waals surface area contributed by atoms with Gasteiger partial charge in [-0.2, -0.15) is 0 Å². The Morgan fingerprint density at radius 2 is 1.90 bits per heavy atom. The number of amides is 1. The molecule has 0 fully saturated rings. The highest BCUT2D eigenvalue weighted by molar-refractivity contribution is 9.10. The number of rotatable bonds is 5. The Hall–Kier alpha value is -1.95. The summed E-state index contributed by atoms with van der Waals surface area (Å²) in [5, 5.41) is 2.86. The molecule has 1 N–H and O–H groups in total. The molecule has 1 amide bonds. The molecule has 0 saturated heterocycles. The molecule has 0 aliphatic heterocycles. The zero-order valence-corrected chi connectivity index (χ0v) is 13.6. The zero-order valence-electron chi connectivity index (χ0n) is 12.0. The third-order valence-corrected chi connectivity index (χ3v) is 3.81. The molecule has 112 valence electrons. The standard InChI is InChI=1S/C15H16BrNO4/c1-9(11-5-4-6-21-11)17-15(18)10-7-12(19-2)14(16)13(8-10)20-3/h4-9H,1-3H3,(H,17,18)/t9-/m1/s1. The second-order valence-corrected chi connectivity index (χ2v) is 5.20. The van der Waals surface area contributed by atoms with E-state index in [0.29, 0.717) is 27.3 Å². The molecule has 5 nitrogen and oxygen atoms in total. The fourth-order valence-electron chi connectivity index (χ4n) is 1.89. The van der Waals surface area contributed by atoms with E-state index in [0.717, 1.165) is 0 Å². The van der Waals surface area contributed by atoms with Gasteiger partial charge in [0.05, 0.1) is 26.5 Å². The van der Waals surface area contributed by atoms with Crippen LogP contribution in [0.5, 0.6) is 11.5 Å². The molecule has 1 atom stereocenters. The number of furan rings is 1. The van der Waals surface area contributed by atoms with Crippen molar-refractivity contribution in [2.24, 2.45) is 0 Å². The molecule has 0 bridgehead atoms. The first kappa shape index (κ1) is 15.4. The Morgan fingerprint density at radius 1 is 1.29 bits per heavy atom. The predicted molar refractivity (Wildman–Crippen MR) is 81.8 cm³/mol. The first-order valence-corrected chi connectivity index (χ1v) is 7.12. The summed E-state index contributed by atoms with van der Waals surface area (Å²) in [6, 6.07) is 6.67. The molecule has 2 rings (SSSR count). The van der Waals surface area contributed by atoms with Crippen molar-refractivity contribution in [3.05, 3.63) is 46.3 Å². The topological polar surface area (TPSA) is 60.7 Å². The van der Waals surface area contributed by atoms with E-state index in [9.17, 15) is 4.79 Å². The average Bonchev–Trinajstić information content (AvgIpc) is 3.01. The Kier molecular flexibility index (Phi) is 4.90. The highest BCUT2D eigenvalue weighted by atomic mass is 79.9. The lowest BCUT2D eigenvalue weighted by molar-refractivity contribution is 0.0934. The van der Waals surface area contributed by atoms with E-state index in [2.05, 4.69) is 21.2 Å². The number of hydrogen-bond donors (Lipinski definition) is 1. The molecule has 0 radical (unpaired) electrons. The fourth-order valence-corrected chi connectivity index (χ4v) is 2.44. The lowest BCUT2D eigenvalue weighted by Crippen LogP contribution is -2.26. The van der Waals surface area contributed by atoms with Crippen LogP contribution < -0.4 is 14.8 Å². The van der Waals surface area contributed by atoms with Crippen molar-refractivity contribution in [3.63, 3.8) is 0 Å². The van der Waals surface area contributed by atoms with E-state index in [1.165, 1.54) is 14.2 Å². The molecular formula is C15H16BrNO4. The normalized spacial score (nSPS) is 11.8. The first-order chi connectivity index (χ1) is 10.1. The van der Waals surface area contributed by atoms with Gasteiger partial charge in [-0.15, -0.1) is 0 Å². The average molecular weight is 354 g/mol. The van der Waals surface area contributed by atoms with Gasteiger partial charge in [-0.25, -0.2) is 0 Å². The summed E-state index contributed by atoms with van der Waals surface area (Å²) in [4.78, 5) is 12.3. The van der Waals surface area contributed by atoms with Crippen molar-refractivity contribution < 1.29 is 18.7 Å². The van der Waals surface area contributed by atoms with Gasteiger partial charge in [-0.3, -0.25) is 4.79 Å². The van der Waals surface area contributed by atoms with Crippen molar-refractivity contribution in [2.45, 2.75) is 13.0 Å². The van der Waals surface area contributed by atoms with Crippen LogP contribution in [0.1, 0.15) is 29.1 Å². The minimum Gasteiger partial charge on any atom is -0.495 e. The predicted octanol–water partition coefficient (Wildman–Crippen LogP) is 3.55. The van der Waals surface area contributed by atoms with Gasteiger partial charge in [0, 0.05) is 5.56 Å². The second-order valence-electron chi connectivity index (χ2n) is 4.41. The smallest absolute Gasteiger partial charge is 0.252 e. The van der Waals surface area contributed by atoms with Crippen molar-refractivity contribution >= 4 is 21.8 Å². The number of halogens is 1. The lowest BCUT2D eigenvalue weighted by Gasteiger charge is -2.14. The van der Waals surface area contributed by atoms with Gasteiger partial charge in [-0.1, -0.05) is 0 Å². The quantitative estimate of drug-likeness (QED) is 0.892. The summed E-state index contributed by atoms with van der Waals surface area (Å²) in [6.07, 6.45) is 1.57. The minimum atomic E-state index is -0.233. The summed E-state index contributed by atoms with van der Waals surface area (Å²) in [5.41, 5.74) is 0.449. The monoisotopic (exact) mass is 353 g/mol. The van der Waals surface area contributed by atoms with Crippen LogP contribution in [-0.2, 0) is 0 Å². The maximum atomic E-state index is 12.3. The zero-order chi connectivity index (χ0) is 15.4. The van der Waals surface area contributed by atoms with Gasteiger partial charge in [-0.05, 0) is 47.1 Å². The van der Waals surface area contributed by atoms with E-state index in [1.807, 2.05) is 13.0 Å². The number of benzene rings is 1. The van der Waals surface area contributed by atoms with Gasteiger partial charge in [0.15, 0.2) is 0 Å². The molecule has 1 aromatic heterocycles. The summed E-state index contributed by atoms with van der Waals surface area (Å²) in [7, 11) is 3.07. The van der Waals surface area contributed by atoms with Crippen LogP contribution in [0.15, 0.2) is 39.4 Å². The van der Waals surface area contributed by atoms with Crippen molar-refractivity contribution in [1.82, 2.24) is 5.32 Å².